The van der Waals surface area contributed by atoms with E-state index in [1.165, 1.54) is 4.90 Å². The van der Waals surface area contributed by atoms with Gasteiger partial charge in [-0.1, -0.05) is 42.5 Å². The van der Waals surface area contributed by atoms with Gasteiger partial charge in [0, 0.05) is 13.1 Å². The van der Waals surface area contributed by atoms with Crippen molar-refractivity contribution in [2.24, 2.45) is 0 Å². The molecule has 5 heteroatoms. The zero-order valence-corrected chi connectivity index (χ0v) is 12.0. The third-order valence-electron chi connectivity index (χ3n) is 3.50. The number of fused-ring (bicyclic) bond motifs is 1. The normalized spacial score (nSPS) is 13.5. The van der Waals surface area contributed by atoms with Crippen LogP contribution in [0.4, 0.5) is 0 Å². The average Bonchev–Trinajstić information content (AvgIpc) is 2.81. The number of benzene rings is 2. The molecule has 0 fully saturated rings. The molecule has 0 saturated carbocycles. The average molecular weight is 296 g/mol. The van der Waals surface area contributed by atoms with Crippen LogP contribution in [0.25, 0.3) is 0 Å². The monoisotopic (exact) mass is 296 g/mol. The summed E-state index contributed by atoms with van der Waals surface area (Å²) in [6.07, 6.45) is 0. The van der Waals surface area contributed by atoms with Gasteiger partial charge < -0.3 is 0 Å². The SMILES string of the molecule is O=C1c2ccccc2C(=O)N1CCNOCc1ccccc1. The highest BCUT2D eigenvalue weighted by atomic mass is 16.6. The number of carbonyl (C=O) groups is 2. The van der Waals surface area contributed by atoms with Crippen molar-refractivity contribution in [3.63, 3.8) is 0 Å². The van der Waals surface area contributed by atoms with Gasteiger partial charge in [-0.15, -0.1) is 0 Å². The topological polar surface area (TPSA) is 58.6 Å². The first-order valence-corrected chi connectivity index (χ1v) is 7.11. The summed E-state index contributed by atoms with van der Waals surface area (Å²) in [4.78, 5) is 30.8. The second-order valence-corrected chi connectivity index (χ2v) is 4.98. The molecule has 5 nitrogen and oxygen atoms in total. The van der Waals surface area contributed by atoms with Crippen LogP contribution in [0.3, 0.4) is 0 Å². The van der Waals surface area contributed by atoms with Crippen LogP contribution < -0.4 is 5.48 Å². The zero-order valence-electron chi connectivity index (χ0n) is 12.0. The van der Waals surface area contributed by atoms with Gasteiger partial charge in [-0.2, -0.15) is 0 Å². The lowest BCUT2D eigenvalue weighted by atomic mass is 10.1. The fraction of sp³-hybridized carbons (Fsp3) is 0.176. The molecule has 0 spiro atoms. The van der Waals surface area contributed by atoms with Gasteiger partial charge in [0.05, 0.1) is 17.7 Å². The Labute approximate surface area is 128 Å². The minimum absolute atomic E-state index is 0.245. The van der Waals surface area contributed by atoms with E-state index in [1.54, 1.807) is 24.3 Å². The molecule has 2 amide bonds. The summed E-state index contributed by atoms with van der Waals surface area (Å²) in [7, 11) is 0. The lowest BCUT2D eigenvalue weighted by Crippen LogP contribution is -2.36. The second kappa shape index (κ2) is 6.51. The summed E-state index contributed by atoms with van der Waals surface area (Å²) in [6, 6.07) is 16.6. The van der Waals surface area contributed by atoms with Gasteiger partial charge in [-0.05, 0) is 17.7 Å². The Morgan fingerprint density at radius 1 is 0.864 bits per heavy atom. The Morgan fingerprint density at radius 2 is 1.45 bits per heavy atom. The summed E-state index contributed by atoms with van der Waals surface area (Å²) >= 11 is 0. The van der Waals surface area contributed by atoms with Crippen molar-refractivity contribution in [3.8, 4) is 0 Å². The van der Waals surface area contributed by atoms with E-state index in [-0.39, 0.29) is 18.4 Å². The van der Waals surface area contributed by atoms with E-state index in [0.29, 0.717) is 24.3 Å². The summed E-state index contributed by atoms with van der Waals surface area (Å²) in [5, 5.41) is 0. The van der Waals surface area contributed by atoms with Gasteiger partial charge in [0.1, 0.15) is 0 Å². The van der Waals surface area contributed by atoms with E-state index in [1.807, 2.05) is 30.3 Å². The first-order valence-electron chi connectivity index (χ1n) is 7.11. The molecule has 0 atom stereocenters. The van der Waals surface area contributed by atoms with Crippen molar-refractivity contribution in [3.05, 3.63) is 71.3 Å². The van der Waals surface area contributed by atoms with Gasteiger partial charge in [-0.25, -0.2) is 5.48 Å². The summed E-state index contributed by atoms with van der Waals surface area (Å²) in [5.74, 6) is -0.490. The molecule has 1 aliphatic rings. The van der Waals surface area contributed by atoms with Gasteiger partial charge >= 0.3 is 0 Å². The second-order valence-electron chi connectivity index (χ2n) is 4.98. The summed E-state index contributed by atoms with van der Waals surface area (Å²) < 4.78 is 0. The van der Waals surface area contributed by atoms with E-state index in [4.69, 9.17) is 4.84 Å². The van der Waals surface area contributed by atoms with Crippen LogP contribution in [0.15, 0.2) is 54.6 Å². The lowest BCUT2D eigenvalue weighted by molar-refractivity contribution is 0.0230. The van der Waals surface area contributed by atoms with Gasteiger partial charge in [0.2, 0.25) is 0 Å². The van der Waals surface area contributed by atoms with Crippen LogP contribution in [0, 0.1) is 0 Å². The van der Waals surface area contributed by atoms with Crippen molar-refractivity contribution < 1.29 is 14.4 Å². The van der Waals surface area contributed by atoms with E-state index >= 15 is 0 Å². The predicted octanol–water partition coefficient (Wildman–Crippen LogP) is 2.00. The molecule has 0 aromatic heterocycles. The molecule has 22 heavy (non-hydrogen) atoms. The Hall–Kier alpha value is -2.50. The molecule has 1 heterocycles. The van der Waals surface area contributed by atoms with Crippen molar-refractivity contribution in [2.75, 3.05) is 13.1 Å². The Balaban J connectivity index is 1.47. The molecule has 1 aliphatic heterocycles. The number of nitrogens with one attached hydrogen (secondary N) is 1. The first-order chi connectivity index (χ1) is 10.8. The predicted molar refractivity (Wildman–Crippen MR) is 81.0 cm³/mol. The fourth-order valence-electron chi connectivity index (χ4n) is 2.38. The number of imide groups is 1. The molecule has 0 radical (unpaired) electrons. The number of hydrogen-bond acceptors (Lipinski definition) is 4. The van der Waals surface area contributed by atoms with Crippen LogP contribution in [-0.4, -0.2) is 29.8 Å². The van der Waals surface area contributed by atoms with E-state index in [2.05, 4.69) is 5.48 Å². The maximum atomic E-state index is 12.1. The van der Waals surface area contributed by atoms with E-state index in [9.17, 15) is 9.59 Å². The number of amides is 2. The van der Waals surface area contributed by atoms with Crippen LogP contribution in [-0.2, 0) is 11.4 Å². The molecular formula is C17H16N2O3. The first kappa shape index (κ1) is 14.4. The van der Waals surface area contributed by atoms with Gasteiger partial charge in [-0.3, -0.25) is 19.3 Å². The fourth-order valence-corrected chi connectivity index (χ4v) is 2.38. The van der Waals surface area contributed by atoms with E-state index in [0.717, 1.165) is 5.56 Å². The van der Waals surface area contributed by atoms with Crippen LogP contribution in [0.2, 0.25) is 0 Å². The number of carbonyl (C=O) groups excluding carboxylic acids is 2. The molecule has 112 valence electrons. The smallest absolute Gasteiger partial charge is 0.261 e. The molecule has 1 N–H and O–H groups in total. The molecule has 0 saturated heterocycles. The van der Waals surface area contributed by atoms with Crippen molar-refractivity contribution in [1.82, 2.24) is 10.4 Å². The highest BCUT2D eigenvalue weighted by Crippen LogP contribution is 2.21. The summed E-state index contributed by atoms with van der Waals surface area (Å²) in [5.41, 5.74) is 4.77. The van der Waals surface area contributed by atoms with Crippen LogP contribution in [0.5, 0.6) is 0 Å². The molecule has 2 aromatic carbocycles. The third kappa shape index (κ3) is 2.90. The van der Waals surface area contributed by atoms with Gasteiger partial charge in [0.15, 0.2) is 0 Å². The molecular weight excluding hydrogens is 280 g/mol. The minimum Gasteiger partial charge on any atom is -0.297 e. The minimum atomic E-state index is -0.245. The third-order valence-corrected chi connectivity index (χ3v) is 3.50. The lowest BCUT2D eigenvalue weighted by Gasteiger charge is -2.14. The Bertz CT molecular complexity index is 650. The van der Waals surface area contributed by atoms with Crippen LogP contribution in [0.1, 0.15) is 26.3 Å². The number of hydrogen-bond donors (Lipinski definition) is 1. The Morgan fingerprint density at radius 3 is 2.09 bits per heavy atom. The summed E-state index contributed by atoms with van der Waals surface area (Å²) in [6.45, 7) is 1.10. The highest BCUT2D eigenvalue weighted by molar-refractivity contribution is 6.21. The van der Waals surface area contributed by atoms with Crippen LogP contribution >= 0.6 is 0 Å². The van der Waals surface area contributed by atoms with Crippen molar-refractivity contribution in [1.29, 1.82) is 0 Å². The number of nitrogens with zero attached hydrogens (tertiary/aromatic N) is 1. The largest absolute Gasteiger partial charge is 0.297 e. The van der Waals surface area contributed by atoms with Crippen molar-refractivity contribution >= 4 is 11.8 Å². The molecule has 0 aliphatic carbocycles. The molecule has 2 aromatic rings. The zero-order chi connectivity index (χ0) is 15.4. The van der Waals surface area contributed by atoms with Crippen molar-refractivity contribution in [2.45, 2.75) is 6.61 Å². The van der Waals surface area contributed by atoms with Gasteiger partial charge in [0.25, 0.3) is 11.8 Å². The number of hydroxylamine groups is 1. The maximum absolute atomic E-state index is 12.1. The number of rotatable bonds is 6. The maximum Gasteiger partial charge on any atom is 0.261 e. The molecule has 0 unspecified atom stereocenters. The molecule has 3 rings (SSSR count). The Kier molecular flexibility index (Phi) is 4.27. The molecule has 0 bridgehead atoms. The quantitative estimate of drug-likeness (QED) is 0.503. The van der Waals surface area contributed by atoms with E-state index < -0.39 is 0 Å². The standard InChI is InChI=1S/C17H16N2O3/c20-16-14-8-4-5-9-15(14)17(21)19(16)11-10-18-22-12-13-6-2-1-3-7-13/h1-9,18H,10-12H2. The highest BCUT2D eigenvalue weighted by Gasteiger charge is 2.34.